The molecule has 0 aliphatic carbocycles. The zero-order chi connectivity index (χ0) is 30.4. The molecule has 4 rings (SSSR count). The van der Waals surface area contributed by atoms with Crippen LogP contribution in [0.5, 0.6) is 0 Å². The normalized spacial score (nSPS) is 14.3. The van der Waals surface area contributed by atoms with Crippen LogP contribution >= 0.6 is 0 Å². The van der Waals surface area contributed by atoms with Crippen molar-refractivity contribution in [2.75, 3.05) is 0 Å². The lowest BCUT2D eigenvalue weighted by molar-refractivity contribution is -0.142. The van der Waals surface area contributed by atoms with E-state index in [-0.39, 0.29) is 18.8 Å². The third kappa shape index (κ3) is 7.35. The van der Waals surface area contributed by atoms with Gasteiger partial charge in [0.05, 0.1) is 6.04 Å². The Morgan fingerprint density at radius 2 is 1.24 bits per heavy atom. The highest BCUT2D eigenvalue weighted by molar-refractivity contribution is 5.95. The van der Waals surface area contributed by atoms with E-state index in [0.717, 1.165) is 32.9 Å². The fourth-order valence-electron chi connectivity index (χ4n) is 5.02. The average Bonchev–Trinajstić information content (AvgIpc) is 3.55. The number of H-pyrrole nitrogens is 2. The lowest BCUT2D eigenvalue weighted by Crippen LogP contribution is -2.57. The van der Waals surface area contributed by atoms with E-state index in [9.17, 15) is 24.3 Å². The summed E-state index contributed by atoms with van der Waals surface area (Å²) in [7, 11) is 0. The molecule has 0 saturated heterocycles. The molecule has 0 aliphatic rings. The molecule has 11 heteroatoms. The number of carbonyl (C=O) groups excluding carboxylic acids is 3. The Hall–Kier alpha value is -4.64. The van der Waals surface area contributed by atoms with E-state index in [2.05, 4.69) is 25.9 Å². The first-order valence-corrected chi connectivity index (χ1v) is 14.0. The zero-order valence-corrected chi connectivity index (χ0v) is 23.9. The highest BCUT2D eigenvalue weighted by Gasteiger charge is 2.30. The number of nitrogens with two attached hydrogens (primary N) is 1. The van der Waals surface area contributed by atoms with Crippen LogP contribution in [-0.2, 0) is 32.0 Å². The van der Waals surface area contributed by atoms with Gasteiger partial charge in [0.15, 0.2) is 0 Å². The molecule has 2 heterocycles. The Morgan fingerprint density at radius 3 is 1.76 bits per heavy atom. The SMILES string of the molecule is CC(C)CC(N)C(=O)NC(C)C(=O)NC(Cc1c[nH]c2ccccc12)C(=O)NC(Cc1c[nH]c2ccccc12)C(=O)O. The van der Waals surface area contributed by atoms with Crippen LogP contribution in [0.15, 0.2) is 60.9 Å². The first-order valence-electron chi connectivity index (χ1n) is 14.0. The van der Waals surface area contributed by atoms with Crippen LogP contribution in [0.25, 0.3) is 21.8 Å². The van der Waals surface area contributed by atoms with Gasteiger partial charge < -0.3 is 36.8 Å². The summed E-state index contributed by atoms with van der Waals surface area (Å²) in [5, 5.41) is 19.7. The lowest BCUT2D eigenvalue weighted by atomic mass is 10.0. The number of nitrogens with one attached hydrogen (secondary N) is 5. The molecule has 0 saturated carbocycles. The summed E-state index contributed by atoms with van der Waals surface area (Å²) in [5.41, 5.74) is 9.19. The van der Waals surface area contributed by atoms with Gasteiger partial charge in [-0.3, -0.25) is 14.4 Å². The molecule has 11 nitrogen and oxygen atoms in total. The van der Waals surface area contributed by atoms with Gasteiger partial charge in [0.2, 0.25) is 17.7 Å². The topological polar surface area (TPSA) is 182 Å². The largest absolute Gasteiger partial charge is 0.480 e. The molecule has 4 unspecified atom stereocenters. The van der Waals surface area contributed by atoms with Crippen molar-refractivity contribution in [1.29, 1.82) is 0 Å². The second-order valence-corrected chi connectivity index (χ2v) is 11.1. The van der Waals surface area contributed by atoms with Gasteiger partial charge in [-0.15, -0.1) is 0 Å². The van der Waals surface area contributed by atoms with Gasteiger partial charge in [-0.25, -0.2) is 4.79 Å². The monoisotopic (exact) mass is 574 g/mol. The van der Waals surface area contributed by atoms with Crippen LogP contribution in [-0.4, -0.2) is 62.9 Å². The van der Waals surface area contributed by atoms with Gasteiger partial charge in [0.25, 0.3) is 0 Å². The molecular weight excluding hydrogens is 536 g/mol. The minimum atomic E-state index is -1.25. The summed E-state index contributed by atoms with van der Waals surface area (Å²) >= 11 is 0. The fraction of sp³-hybridized carbons (Fsp3) is 0.355. The molecule has 42 heavy (non-hydrogen) atoms. The van der Waals surface area contributed by atoms with E-state index in [4.69, 9.17) is 5.73 Å². The summed E-state index contributed by atoms with van der Waals surface area (Å²) < 4.78 is 0. The van der Waals surface area contributed by atoms with Crippen molar-refractivity contribution in [1.82, 2.24) is 25.9 Å². The van der Waals surface area contributed by atoms with Crippen molar-refractivity contribution >= 4 is 45.5 Å². The first-order chi connectivity index (χ1) is 20.0. The molecule has 222 valence electrons. The van der Waals surface area contributed by atoms with E-state index in [1.165, 1.54) is 6.92 Å². The number of carboxylic acid groups (broad SMARTS) is 1. The smallest absolute Gasteiger partial charge is 0.326 e. The molecule has 4 atom stereocenters. The van der Waals surface area contributed by atoms with Crippen LogP contribution in [0.3, 0.4) is 0 Å². The number of rotatable bonds is 13. The molecule has 8 N–H and O–H groups in total. The Labute approximate surface area is 243 Å². The molecule has 2 aromatic carbocycles. The highest BCUT2D eigenvalue weighted by Crippen LogP contribution is 2.21. The highest BCUT2D eigenvalue weighted by atomic mass is 16.4. The number of carboxylic acids is 1. The maximum atomic E-state index is 13.6. The zero-order valence-electron chi connectivity index (χ0n) is 23.9. The molecule has 4 aromatic rings. The van der Waals surface area contributed by atoms with Gasteiger partial charge in [-0.2, -0.15) is 0 Å². The van der Waals surface area contributed by atoms with Gasteiger partial charge in [-0.1, -0.05) is 50.2 Å². The predicted octanol–water partition coefficient (Wildman–Crippen LogP) is 2.37. The number of aromatic amines is 2. The number of hydrogen-bond donors (Lipinski definition) is 7. The number of amides is 3. The molecule has 3 amide bonds. The van der Waals surface area contributed by atoms with Crippen LogP contribution in [0.1, 0.15) is 38.3 Å². The number of carbonyl (C=O) groups is 4. The molecule has 0 spiro atoms. The van der Waals surface area contributed by atoms with Crippen LogP contribution in [0.2, 0.25) is 0 Å². The summed E-state index contributed by atoms with van der Waals surface area (Å²) in [6.07, 6.45) is 4.08. The van der Waals surface area contributed by atoms with Crippen molar-refractivity contribution < 1.29 is 24.3 Å². The van der Waals surface area contributed by atoms with Crippen molar-refractivity contribution in [3.63, 3.8) is 0 Å². The summed E-state index contributed by atoms with van der Waals surface area (Å²) in [6.45, 7) is 5.40. The molecule has 0 bridgehead atoms. The second kappa shape index (κ2) is 13.3. The predicted molar refractivity (Wildman–Crippen MR) is 161 cm³/mol. The Morgan fingerprint density at radius 1 is 0.738 bits per heavy atom. The fourth-order valence-corrected chi connectivity index (χ4v) is 5.02. The summed E-state index contributed by atoms with van der Waals surface area (Å²) in [5.74, 6) is -2.72. The van der Waals surface area contributed by atoms with Gasteiger partial charge in [0, 0.05) is 47.0 Å². The Bertz CT molecular complexity index is 1570. The van der Waals surface area contributed by atoms with E-state index in [0.29, 0.717) is 6.42 Å². The minimum Gasteiger partial charge on any atom is -0.480 e. The first kappa shape index (κ1) is 30.3. The van der Waals surface area contributed by atoms with Crippen LogP contribution in [0, 0.1) is 5.92 Å². The third-order valence-corrected chi connectivity index (χ3v) is 7.26. The van der Waals surface area contributed by atoms with E-state index >= 15 is 0 Å². The number of fused-ring (bicyclic) bond motifs is 2. The number of benzene rings is 2. The number of para-hydroxylation sites is 2. The summed E-state index contributed by atoms with van der Waals surface area (Å²) in [4.78, 5) is 57.8. The average molecular weight is 575 g/mol. The maximum absolute atomic E-state index is 13.6. The maximum Gasteiger partial charge on any atom is 0.326 e. The number of aromatic nitrogens is 2. The standard InChI is InChI=1S/C31H38N6O5/c1-17(2)12-23(32)29(39)35-18(3)28(38)36-26(13-19-15-33-24-10-6-4-8-21(19)24)30(40)37-27(31(41)42)14-20-16-34-25-11-7-5-9-22(20)25/h4-11,15-18,23,26-27,33-34H,12-14,32H2,1-3H3,(H,35,39)(H,36,38)(H,37,40)(H,41,42). The van der Waals surface area contributed by atoms with Crippen LogP contribution < -0.4 is 21.7 Å². The molecule has 0 fully saturated rings. The van der Waals surface area contributed by atoms with Crippen molar-refractivity contribution in [3.8, 4) is 0 Å². The third-order valence-electron chi connectivity index (χ3n) is 7.26. The van der Waals surface area contributed by atoms with Crippen LogP contribution in [0.4, 0.5) is 0 Å². The van der Waals surface area contributed by atoms with Crippen molar-refractivity contribution in [2.45, 2.75) is 64.2 Å². The molecule has 0 aliphatic heterocycles. The quantitative estimate of drug-likeness (QED) is 0.129. The van der Waals surface area contributed by atoms with Crippen molar-refractivity contribution in [2.24, 2.45) is 11.7 Å². The number of hydrogen-bond acceptors (Lipinski definition) is 5. The minimum absolute atomic E-state index is 0.0407. The Balaban J connectivity index is 1.53. The van der Waals surface area contributed by atoms with Crippen molar-refractivity contribution in [3.05, 3.63) is 72.1 Å². The van der Waals surface area contributed by atoms with E-state index < -0.39 is 47.9 Å². The molecule has 0 radical (unpaired) electrons. The van der Waals surface area contributed by atoms with Gasteiger partial charge in [-0.05, 0) is 42.5 Å². The Kier molecular flexibility index (Phi) is 9.64. The summed E-state index contributed by atoms with van der Waals surface area (Å²) in [6, 6.07) is 10.9. The van der Waals surface area contributed by atoms with Gasteiger partial charge in [0.1, 0.15) is 18.1 Å². The lowest BCUT2D eigenvalue weighted by Gasteiger charge is -2.24. The molecular formula is C31H38N6O5. The van der Waals surface area contributed by atoms with E-state index in [1.807, 2.05) is 62.4 Å². The number of aliphatic carboxylic acids is 1. The van der Waals surface area contributed by atoms with Gasteiger partial charge >= 0.3 is 5.97 Å². The van der Waals surface area contributed by atoms with E-state index in [1.54, 1.807) is 12.4 Å². The second-order valence-electron chi connectivity index (χ2n) is 11.1. The molecule has 2 aromatic heterocycles.